The minimum absolute atomic E-state index is 0.0477. The molecule has 0 saturated heterocycles. The average Bonchev–Trinajstić information content (AvgIpc) is 2.90. The van der Waals surface area contributed by atoms with Gasteiger partial charge in [0.2, 0.25) is 0 Å². The van der Waals surface area contributed by atoms with Crippen molar-refractivity contribution in [1.29, 1.82) is 0 Å². The molecule has 0 bridgehead atoms. The standard InChI is InChI=1S/C16H17FN4O3/c1-8-4-11(5-9(2)14(8)17)15(22)21-7-13-19-18-10(3)20(13)6-12(21)16(23)24/h4-5,12H,6-7H2,1-3H3,(H,23,24). The van der Waals surface area contributed by atoms with Crippen LogP contribution in [0.3, 0.4) is 0 Å². The van der Waals surface area contributed by atoms with Crippen molar-refractivity contribution in [3.63, 3.8) is 0 Å². The predicted molar refractivity (Wildman–Crippen MR) is 81.9 cm³/mol. The molecule has 8 heteroatoms. The highest BCUT2D eigenvalue weighted by molar-refractivity contribution is 5.97. The van der Waals surface area contributed by atoms with E-state index in [0.717, 1.165) is 0 Å². The Kier molecular flexibility index (Phi) is 3.82. The molecular weight excluding hydrogens is 315 g/mol. The number of carboxylic acid groups (broad SMARTS) is 1. The van der Waals surface area contributed by atoms with Crippen molar-refractivity contribution >= 4 is 11.9 Å². The number of hydrogen-bond donors (Lipinski definition) is 1. The summed E-state index contributed by atoms with van der Waals surface area (Å²) in [6, 6.07) is 1.85. The summed E-state index contributed by atoms with van der Waals surface area (Å²) in [4.78, 5) is 25.7. The number of carboxylic acids is 1. The lowest BCUT2D eigenvalue weighted by molar-refractivity contribution is -0.143. The highest BCUT2D eigenvalue weighted by Crippen LogP contribution is 2.22. The second-order valence-electron chi connectivity index (χ2n) is 5.99. The van der Waals surface area contributed by atoms with Gasteiger partial charge in [0, 0.05) is 5.56 Å². The normalized spacial score (nSPS) is 16.8. The Hall–Kier alpha value is -2.77. The number of hydrogen-bond acceptors (Lipinski definition) is 4. The van der Waals surface area contributed by atoms with E-state index in [-0.39, 0.29) is 24.5 Å². The van der Waals surface area contributed by atoms with Gasteiger partial charge in [-0.2, -0.15) is 0 Å². The van der Waals surface area contributed by atoms with Gasteiger partial charge in [0.1, 0.15) is 17.7 Å². The molecule has 1 aromatic carbocycles. The minimum atomic E-state index is -1.10. The molecule has 0 radical (unpaired) electrons. The lowest BCUT2D eigenvalue weighted by Crippen LogP contribution is -2.50. The molecule has 0 saturated carbocycles. The molecule has 1 aliphatic rings. The van der Waals surface area contributed by atoms with Gasteiger partial charge < -0.3 is 14.6 Å². The molecule has 1 atom stereocenters. The quantitative estimate of drug-likeness (QED) is 0.899. The number of aromatic nitrogens is 3. The number of aliphatic carboxylic acids is 1. The van der Waals surface area contributed by atoms with Crippen LogP contribution in [0.2, 0.25) is 0 Å². The minimum Gasteiger partial charge on any atom is -0.480 e. The van der Waals surface area contributed by atoms with Crippen molar-refractivity contribution in [2.45, 2.75) is 39.9 Å². The molecule has 1 N–H and O–H groups in total. The summed E-state index contributed by atoms with van der Waals surface area (Å²) in [7, 11) is 0. The molecule has 1 unspecified atom stereocenters. The number of aryl methyl sites for hydroxylation is 3. The van der Waals surface area contributed by atoms with Crippen LogP contribution in [0.15, 0.2) is 12.1 Å². The fourth-order valence-corrected chi connectivity index (χ4v) is 2.97. The van der Waals surface area contributed by atoms with Crippen LogP contribution < -0.4 is 0 Å². The van der Waals surface area contributed by atoms with Gasteiger partial charge in [-0.3, -0.25) is 4.79 Å². The summed E-state index contributed by atoms with van der Waals surface area (Å²) in [5.41, 5.74) is 0.963. The van der Waals surface area contributed by atoms with Gasteiger partial charge in [0.15, 0.2) is 5.82 Å². The van der Waals surface area contributed by atoms with Gasteiger partial charge in [-0.25, -0.2) is 9.18 Å². The lowest BCUT2D eigenvalue weighted by Gasteiger charge is -2.33. The third kappa shape index (κ3) is 2.53. The summed E-state index contributed by atoms with van der Waals surface area (Å²) in [6.07, 6.45) is 0. The Morgan fingerprint density at radius 2 is 1.83 bits per heavy atom. The summed E-state index contributed by atoms with van der Waals surface area (Å²) in [6.45, 7) is 5.02. The van der Waals surface area contributed by atoms with Gasteiger partial charge >= 0.3 is 5.97 Å². The number of carbonyl (C=O) groups is 2. The van der Waals surface area contributed by atoms with E-state index in [2.05, 4.69) is 10.2 Å². The smallest absolute Gasteiger partial charge is 0.328 e. The molecule has 2 heterocycles. The van der Waals surface area contributed by atoms with Crippen molar-refractivity contribution in [1.82, 2.24) is 19.7 Å². The Bertz CT molecular complexity index is 823. The molecule has 0 fully saturated rings. The molecule has 7 nitrogen and oxygen atoms in total. The van der Waals surface area contributed by atoms with Crippen molar-refractivity contribution in [2.75, 3.05) is 0 Å². The molecule has 2 aromatic rings. The number of carbonyl (C=O) groups excluding carboxylic acids is 1. The molecule has 24 heavy (non-hydrogen) atoms. The van der Waals surface area contributed by atoms with Gasteiger partial charge in [0.05, 0.1) is 13.1 Å². The third-order valence-electron chi connectivity index (χ3n) is 4.29. The van der Waals surface area contributed by atoms with Crippen LogP contribution in [0, 0.1) is 26.6 Å². The SMILES string of the molecule is Cc1cc(C(=O)N2Cc3nnc(C)n3CC2C(=O)O)cc(C)c1F. The van der Waals surface area contributed by atoms with Crippen LogP contribution in [0.1, 0.15) is 33.1 Å². The van der Waals surface area contributed by atoms with E-state index in [1.165, 1.54) is 17.0 Å². The van der Waals surface area contributed by atoms with Crippen LogP contribution >= 0.6 is 0 Å². The first-order valence-electron chi connectivity index (χ1n) is 7.48. The second-order valence-corrected chi connectivity index (χ2v) is 5.99. The van der Waals surface area contributed by atoms with Gasteiger partial charge in [-0.15, -0.1) is 10.2 Å². The number of halogens is 1. The molecule has 1 amide bonds. The second kappa shape index (κ2) is 5.70. The molecule has 1 aliphatic heterocycles. The molecule has 3 rings (SSSR count). The van der Waals surface area contributed by atoms with Crippen LogP contribution in [0.4, 0.5) is 4.39 Å². The number of rotatable bonds is 2. The maximum atomic E-state index is 13.8. The van der Waals surface area contributed by atoms with E-state index in [0.29, 0.717) is 22.8 Å². The summed E-state index contributed by atoms with van der Waals surface area (Å²) < 4.78 is 15.5. The van der Waals surface area contributed by atoms with E-state index in [1.807, 2.05) is 0 Å². The predicted octanol–water partition coefficient (Wildman–Crippen LogP) is 1.45. The lowest BCUT2D eigenvalue weighted by atomic mass is 10.0. The Morgan fingerprint density at radius 1 is 1.21 bits per heavy atom. The van der Waals surface area contributed by atoms with E-state index in [9.17, 15) is 19.1 Å². The zero-order chi connectivity index (χ0) is 17.6. The molecule has 0 spiro atoms. The highest BCUT2D eigenvalue weighted by atomic mass is 19.1. The van der Waals surface area contributed by atoms with Crippen molar-refractivity contribution < 1.29 is 19.1 Å². The van der Waals surface area contributed by atoms with Crippen LogP contribution in [0.5, 0.6) is 0 Å². The summed E-state index contributed by atoms with van der Waals surface area (Å²) in [5.74, 6) is -0.778. The topological polar surface area (TPSA) is 88.3 Å². The molecule has 126 valence electrons. The largest absolute Gasteiger partial charge is 0.480 e. The zero-order valence-electron chi connectivity index (χ0n) is 13.6. The van der Waals surface area contributed by atoms with Crippen molar-refractivity contribution in [3.05, 3.63) is 46.3 Å². The number of nitrogens with zero attached hydrogens (tertiary/aromatic N) is 4. The van der Waals surface area contributed by atoms with Crippen LogP contribution in [0.25, 0.3) is 0 Å². The zero-order valence-corrected chi connectivity index (χ0v) is 13.6. The Morgan fingerprint density at radius 3 is 2.42 bits per heavy atom. The first-order chi connectivity index (χ1) is 11.3. The first kappa shape index (κ1) is 16.1. The maximum absolute atomic E-state index is 13.8. The Balaban J connectivity index is 2.00. The monoisotopic (exact) mass is 332 g/mol. The fraction of sp³-hybridized carbons (Fsp3) is 0.375. The molecule has 1 aromatic heterocycles. The van der Waals surface area contributed by atoms with Gasteiger partial charge in [-0.05, 0) is 44.0 Å². The third-order valence-corrected chi connectivity index (χ3v) is 4.29. The maximum Gasteiger partial charge on any atom is 0.328 e. The fourth-order valence-electron chi connectivity index (χ4n) is 2.97. The highest BCUT2D eigenvalue weighted by Gasteiger charge is 2.37. The summed E-state index contributed by atoms with van der Waals surface area (Å²) in [5, 5.41) is 17.4. The summed E-state index contributed by atoms with van der Waals surface area (Å²) >= 11 is 0. The van der Waals surface area contributed by atoms with Gasteiger partial charge in [0.25, 0.3) is 5.91 Å². The number of benzene rings is 1. The number of amides is 1. The van der Waals surface area contributed by atoms with Crippen molar-refractivity contribution in [3.8, 4) is 0 Å². The van der Waals surface area contributed by atoms with E-state index >= 15 is 0 Å². The van der Waals surface area contributed by atoms with Gasteiger partial charge in [-0.1, -0.05) is 0 Å². The first-order valence-corrected chi connectivity index (χ1v) is 7.48. The molecule has 0 aliphatic carbocycles. The van der Waals surface area contributed by atoms with E-state index in [4.69, 9.17) is 0 Å². The van der Waals surface area contributed by atoms with Crippen molar-refractivity contribution in [2.24, 2.45) is 0 Å². The average molecular weight is 332 g/mol. The van der Waals surface area contributed by atoms with Crippen LogP contribution in [-0.4, -0.2) is 42.7 Å². The van der Waals surface area contributed by atoms with Crippen LogP contribution in [-0.2, 0) is 17.9 Å². The number of fused-ring (bicyclic) bond motifs is 1. The Labute approximate surface area is 137 Å². The molecular formula is C16H17FN4O3. The van der Waals surface area contributed by atoms with E-state index < -0.39 is 17.9 Å². The van der Waals surface area contributed by atoms with E-state index in [1.54, 1.807) is 25.3 Å².